The second-order valence-corrected chi connectivity index (χ2v) is 8.06. The van der Waals surface area contributed by atoms with Crippen LogP contribution in [0, 0.1) is 0 Å². The minimum atomic E-state index is -4.03. The van der Waals surface area contributed by atoms with Crippen molar-refractivity contribution in [2.24, 2.45) is 7.05 Å². The molecular weight excluding hydrogens is 316 g/mol. The second-order valence-electron chi connectivity index (χ2n) is 4.43. The molecule has 2 aromatic rings. The van der Waals surface area contributed by atoms with E-state index in [1.54, 1.807) is 0 Å². The highest BCUT2D eigenvalue weighted by atomic mass is 32.2. The summed E-state index contributed by atoms with van der Waals surface area (Å²) in [7, 11) is -6.07. The van der Waals surface area contributed by atoms with Gasteiger partial charge in [0.1, 0.15) is 4.90 Å². The third kappa shape index (κ3) is 3.16. The largest absolute Gasteiger partial charge is 0.381 e. The Morgan fingerprint density at radius 3 is 2.29 bits per heavy atom. The number of aryl methyl sites for hydroxylation is 1. The Morgan fingerprint density at radius 1 is 1.14 bits per heavy atom. The van der Waals surface area contributed by atoms with Gasteiger partial charge in [-0.2, -0.15) is 5.10 Å². The smallest absolute Gasteiger partial charge is 0.267 e. The van der Waals surface area contributed by atoms with Gasteiger partial charge in [0.2, 0.25) is 0 Å². The molecule has 10 heteroatoms. The van der Waals surface area contributed by atoms with Crippen LogP contribution in [0.2, 0.25) is 0 Å². The molecule has 0 bridgehead atoms. The fourth-order valence-electron chi connectivity index (χ4n) is 1.76. The molecule has 0 atom stereocenters. The normalized spacial score (nSPS) is 12.3. The summed E-state index contributed by atoms with van der Waals surface area (Å²) in [6.45, 7) is 0. The van der Waals surface area contributed by atoms with Crippen molar-refractivity contribution in [2.75, 3.05) is 16.7 Å². The minimum Gasteiger partial charge on any atom is -0.381 e. The number of nitrogens with zero attached hydrogens (tertiary/aromatic N) is 2. The SMILES string of the molecule is Cn1cc(S(=O)(=O)Nc2ccccc2S(C)(=O)=O)c(N)n1. The Morgan fingerprint density at radius 2 is 1.76 bits per heavy atom. The van der Waals surface area contributed by atoms with E-state index < -0.39 is 19.9 Å². The molecule has 1 aromatic carbocycles. The average Bonchev–Trinajstić information content (AvgIpc) is 2.68. The van der Waals surface area contributed by atoms with E-state index in [0.29, 0.717) is 0 Å². The number of nitrogens with two attached hydrogens (primary N) is 1. The first-order valence-corrected chi connectivity index (χ1v) is 9.10. The number of benzene rings is 1. The number of nitrogen functional groups attached to an aromatic ring is 1. The average molecular weight is 330 g/mol. The first-order chi connectivity index (χ1) is 9.61. The maximum absolute atomic E-state index is 12.3. The standard InChI is InChI=1S/C11H14N4O4S2/c1-15-7-10(11(12)13-15)21(18,19)14-8-5-3-4-6-9(8)20(2,16)17/h3-7,14H,1-2H3,(H2,12,13). The van der Waals surface area contributed by atoms with Crippen molar-refractivity contribution in [1.82, 2.24) is 9.78 Å². The van der Waals surface area contributed by atoms with Gasteiger partial charge in [0.25, 0.3) is 10.0 Å². The topological polar surface area (TPSA) is 124 Å². The van der Waals surface area contributed by atoms with Crippen molar-refractivity contribution in [2.45, 2.75) is 9.79 Å². The second kappa shape index (κ2) is 5.04. The van der Waals surface area contributed by atoms with E-state index in [1.807, 2.05) is 0 Å². The maximum Gasteiger partial charge on any atom is 0.267 e. The van der Waals surface area contributed by atoms with Crippen LogP contribution in [0.5, 0.6) is 0 Å². The van der Waals surface area contributed by atoms with Gasteiger partial charge >= 0.3 is 0 Å². The van der Waals surface area contributed by atoms with Gasteiger partial charge in [0, 0.05) is 19.5 Å². The molecule has 0 aliphatic rings. The molecule has 1 aromatic heterocycles. The number of aromatic nitrogens is 2. The van der Waals surface area contributed by atoms with Crippen LogP contribution in [0.1, 0.15) is 0 Å². The number of sulfone groups is 1. The van der Waals surface area contributed by atoms with Crippen molar-refractivity contribution >= 4 is 31.4 Å². The Labute approximate surface area is 122 Å². The van der Waals surface area contributed by atoms with E-state index in [4.69, 9.17) is 5.73 Å². The summed E-state index contributed by atoms with van der Waals surface area (Å²) < 4.78 is 51.4. The lowest BCUT2D eigenvalue weighted by Crippen LogP contribution is -2.16. The Hall–Kier alpha value is -2.07. The summed E-state index contributed by atoms with van der Waals surface area (Å²) >= 11 is 0. The number of hydrogen-bond donors (Lipinski definition) is 2. The zero-order chi connectivity index (χ0) is 15.8. The molecule has 0 aliphatic carbocycles. The molecule has 0 amide bonds. The number of anilines is 2. The molecule has 8 nitrogen and oxygen atoms in total. The molecule has 21 heavy (non-hydrogen) atoms. The summed E-state index contributed by atoms with van der Waals surface area (Å²) in [6, 6.07) is 5.71. The van der Waals surface area contributed by atoms with Gasteiger partial charge in [-0.3, -0.25) is 9.40 Å². The first-order valence-electron chi connectivity index (χ1n) is 5.72. The highest BCUT2D eigenvalue weighted by molar-refractivity contribution is 7.93. The van der Waals surface area contributed by atoms with Crippen LogP contribution in [-0.4, -0.2) is 32.9 Å². The lowest BCUT2D eigenvalue weighted by molar-refractivity contribution is 0.601. The number of para-hydroxylation sites is 1. The van der Waals surface area contributed by atoms with Gasteiger partial charge in [-0.15, -0.1) is 0 Å². The number of sulfonamides is 1. The molecule has 114 valence electrons. The van der Waals surface area contributed by atoms with E-state index >= 15 is 0 Å². The summed E-state index contributed by atoms with van der Waals surface area (Å²) in [6.07, 6.45) is 2.24. The molecule has 0 saturated carbocycles. The highest BCUT2D eigenvalue weighted by Crippen LogP contribution is 2.25. The van der Waals surface area contributed by atoms with Crippen molar-refractivity contribution in [1.29, 1.82) is 0 Å². The molecule has 0 saturated heterocycles. The van der Waals surface area contributed by atoms with Crippen LogP contribution in [0.15, 0.2) is 40.3 Å². The summed E-state index contributed by atoms with van der Waals surface area (Å²) in [4.78, 5) is -0.329. The van der Waals surface area contributed by atoms with Crippen LogP contribution in [0.3, 0.4) is 0 Å². The predicted molar refractivity (Wildman–Crippen MR) is 78.0 cm³/mol. The molecular formula is C11H14N4O4S2. The van der Waals surface area contributed by atoms with Gasteiger partial charge in [0.15, 0.2) is 15.7 Å². The predicted octanol–water partition coefficient (Wildman–Crippen LogP) is 0.207. The summed E-state index contributed by atoms with van der Waals surface area (Å²) in [5.74, 6) is -0.165. The Balaban J connectivity index is 2.50. The molecule has 0 fully saturated rings. The van der Waals surface area contributed by atoms with Crippen LogP contribution in [0.25, 0.3) is 0 Å². The third-order valence-electron chi connectivity index (χ3n) is 2.64. The third-order valence-corrected chi connectivity index (χ3v) is 5.18. The minimum absolute atomic E-state index is 0.0387. The van der Waals surface area contributed by atoms with Gasteiger partial charge in [-0.1, -0.05) is 12.1 Å². The molecule has 0 spiro atoms. The highest BCUT2D eigenvalue weighted by Gasteiger charge is 2.23. The molecule has 2 rings (SSSR count). The van der Waals surface area contributed by atoms with Crippen LogP contribution >= 0.6 is 0 Å². The number of rotatable bonds is 4. The molecule has 0 aliphatic heterocycles. The molecule has 1 heterocycles. The lowest BCUT2D eigenvalue weighted by Gasteiger charge is -2.10. The van der Waals surface area contributed by atoms with Gasteiger partial charge in [-0.05, 0) is 12.1 Å². The molecule has 0 unspecified atom stereocenters. The number of hydrogen-bond acceptors (Lipinski definition) is 6. The lowest BCUT2D eigenvalue weighted by atomic mass is 10.3. The summed E-state index contributed by atoms with van der Waals surface area (Å²) in [5.41, 5.74) is 5.50. The maximum atomic E-state index is 12.3. The van der Waals surface area contributed by atoms with Crippen molar-refractivity contribution in [3.63, 3.8) is 0 Å². The number of nitrogens with one attached hydrogen (secondary N) is 1. The fraction of sp³-hybridized carbons (Fsp3) is 0.182. The zero-order valence-electron chi connectivity index (χ0n) is 11.3. The van der Waals surface area contributed by atoms with Crippen LogP contribution in [0.4, 0.5) is 11.5 Å². The van der Waals surface area contributed by atoms with Gasteiger partial charge in [0.05, 0.1) is 10.6 Å². The van der Waals surface area contributed by atoms with E-state index in [0.717, 1.165) is 6.26 Å². The Kier molecular flexibility index (Phi) is 3.68. The molecule has 3 N–H and O–H groups in total. The first kappa shape index (κ1) is 15.3. The Bertz CT molecular complexity index is 885. The van der Waals surface area contributed by atoms with E-state index in [9.17, 15) is 16.8 Å². The van der Waals surface area contributed by atoms with Crippen molar-refractivity contribution in [3.8, 4) is 0 Å². The van der Waals surface area contributed by atoms with Gasteiger partial charge < -0.3 is 5.73 Å². The molecule has 0 radical (unpaired) electrons. The summed E-state index contributed by atoms with van der Waals surface area (Å²) in [5, 5.41) is 3.75. The van der Waals surface area contributed by atoms with Gasteiger partial charge in [-0.25, -0.2) is 16.8 Å². The van der Waals surface area contributed by atoms with Crippen molar-refractivity contribution in [3.05, 3.63) is 30.5 Å². The van der Waals surface area contributed by atoms with Crippen LogP contribution < -0.4 is 10.5 Å². The monoisotopic (exact) mass is 330 g/mol. The van der Waals surface area contributed by atoms with E-state index in [-0.39, 0.29) is 21.3 Å². The van der Waals surface area contributed by atoms with E-state index in [2.05, 4.69) is 9.82 Å². The quantitative estimate of drug-likeness (QED) is 0.825. The fourth-order valence-corrected chi connectivity index (χ4v) is 3.86. The van der Waals surface area contributed by atoms with E-state index in [1.165, 1.54) is 42.2 Å². The van der Waals surface area contributed by atoms with Crippen LogP contribution in [-0.2, 0) is 26.9 Å². The zero-order valence-corrected chi connectivity index (χ0v) is 12.9. The van der Waals surface area contributed by atoms with Crippen molar-refractivity contribution < 1.29 is 16.8 Å².